The highest BCUT2D eigenvalue weighted by atomic mass is 16.5. The van der Waals surface area contributed by atoms with Gasteiger partial charge in [0.2, 0.25) is 5.88 Å². The van der Waals surface area contributed by atoms with Crippen LogP contribution in [-0.2, 0) is 10.2 Å². The van der Waals surface area contributed by atoms with Crippen molar-refractivity contribution in [2.75, 3.05) is 7.11 Å². The zero-order chi connectivity index (χ0) is 14.2. The van der Waals surface area contributed by atoms with E-state index in [1.165, 1.54) is 0 Å². The number of fused-ring (bicyclic) bond motifs is 1. The molecule has 3 rings (SSSR count). The van der Waals surface area contributed by atoms with Gasteiger partial charge in [-0.3, -0.25) is 4.79 Å². The second kappa shape index (κ2) is 4.74. The summed E-state index contributed by atoms with van der Waals surface area (Å²) in [6, 6.07) is 5.53. The van der Waals surface area contributed by atoms with Crippen LogP contribution >= 0.6 is 0 Å². The van der Waals surface area contributed by atoms with Gasteiger partial charge in [0.1, 0.15) is 0 Å². The summed E-state index contributed by atoms with van der Waals surface area (Å²) in [5, 5.41) is 9.62. The maximum atomic E-state index is 11.7. The lowest BCUT2D eigenvalue weighted by molar-refractivity contribution is -0.143. The molecular weight excluding hydrogens is 256 g/mol. The van der Waals surface area contributed by atoms with E-state index < -0.39 is 11.4 Å². The van der Waals surface area contributed by atoms with Crippen molar-refractivity contribution in [2.45, 2.75) is 31.1 Å². The van der Waals surface area contributed by atoms with Crippen LogP contribution in [0.1, 0.15) is 31.2 Å². The maximum absolute atomic E-state index is 11.7. The summed E-state index contributed by atoms with van der Waals surface area (Å²) in [4.78, 5) is 20.3. The third-order valence-electron chi connectivity index (χ3n) is 4.15. The summed E-state index contributed by atoms with van der Waals surface area (Å²) in [7, 11) is 1.54. The molecule has 1 heterocycles. The number of aliphatic carboxylic acids is 1. The molecule has 2 aromatic rings. The number of nitrogens with zero attached hydrogens (tertiary/aromatic N) is 2. The summed E-state index contributed by atoms with van der Waals surface area (Å²) < 4.78 is 5.04. The van der Waals surface area contributed by atoms with E-state index >= 15 is 0 Å². The summed E-state index contributed by atoms with van der Waals surface area (Å²) in [5.74, 6) is -0.283. The number of benzene rings is 1. The summed E-state index contributed by atoms with van der Waals surface area (Å²) >= 11 is 0. The van der Waals surface area contributed by atoms with Gasteiger partial charge in [-0.25, -0.2) is 9.97 Å². The predicted octanol–water partition coefficient (Wildman–Crippen LogP) is 2.53. The number of rotatable bonds is 3. The first-order valence-electron chi connectivity index (χ1n) is 6.70. The summed E-state index contributed by atoms with van der Waals surface area (Å²) in [6.07, 6.45) is 4.85. The lowest BCUT2D eigenvalue weighted by Gasteiger charge is -2.24. The molecule has 0 atom stereocenters. The van der Waals surface area contributed by atoms with Crippen LogP contribution in [0.5, 0.6) is 5.88 Å². The fourth-order valence-electron chi connectivity index (χ4n) is 2.99. The molecule has 0 saturated heterocycles. The minimum Gasteiger partial charge on any atom is -0.481 e. The summed E-state index contributed by atoms with van der Waals surface area (Å²) in [5.41, 5.74) is 1.49. The predicted molar refractivity (Wildman–Crippen MR) is 73.9 cm³/mol. The van der Waals surface area contributed by atoms with E-state index in [1.807, 2.05) is 18.2 Å². The molecule has 1 aromatic heterocycles. The molecule has 5 nitrogen and oxygen atoms in total. The van der Waals surface area contributed by atoms with Crippen molar-refractivity contribution in [3.63, 3.8) is 0 Å². The van der Waals surface area contributed by atoms with E-state index in [1.54, 1.807) is 13.3 Å². The van der Waals surface area contributed by atoms with Gasteiger partial charge in [-0.05, 0) is 30.5 Å². The average Bonchev–Trinajstić information content (AvgIpc) is 2.97. The average molecular weight is 272 g/mol. The quantitative estimate of drug-likeness (QED) is 0.929. The zero-order valence-corrected chi connectivity index (χ0v) is 11.3. The largest absolute Gasteiger partial charge is 0.481 e. The van der Waals surface area contributed by atoms with Crippen LogP contribution in [0.25, 0.3) is 11.0 Å². The molecule has 1 N–H and O–H groups in total. The zero-order valence-electron chi connectivity index (χ0n) is 11.3. The summed E-state index contributed by atoms with van der Waals surface area (Å²) in [6.45, 7) is 0. The number of methoxy groups -OCH3 is 1. The van der Waals surface area contributed by atoms with Crippen LogP contribution in [0.4, 0.5) is 0 Å². The topological polar surface area (TPSA) is 72.3 Å². The Labute approximate surface area is 116 Å². The first-order chi connectivity index (χ1) is 9.65. The Morgan fingerprint density at radius 3 is 2.70 bits per heavy atom. The molecule has 1 aliphatic carbocycles. The van der Waals surface area contributed by atoms with Gasteiger partial charge < -0.3 is 9.84 Å². The Kier molecular flexibility index (Phi) is 3.04. The SMILES string of the molecule is COc1cnc2cc(C3(C(=O)O)CCCC3)ccc2n1. The van der Waals surface area contributed by atoms with Crippen LogP contribution in [0.15, 0.2) is 24.4 Å². The Morgan fingerprint density at radius 1 is 1.30 bits per heavy atom. The monoisotopic (exact) mass is 272 g/mol. The van der Waals surface area contributed by atoms with Gasteiger partial charge >= 0.3 is 5.97 Å². The highest BCUT2D eigenvalue weighted by Gasteiger charge is 2.42. The molecule has 0 aliphatic heterocycles. The third-order valence-corrected chi connectivity index (χ3v) is 4.15. The van der Waals surface area contributed by atoms with Crippen LogP contribution < -0.4 is 4.74 Å². The van der Waals surface area contributed by atoms with Crippen molar-refractivity contribution in [3.8, 4) is 5.88 Å². The highest BCUT2D eigenvalue weighted by Crippen LogP contribution is 2.41. The molecule has 1 fully saturated rings. The van der Waals surface area contributed by atoms with Gasteiger partial charge in [0.05, 0.1) is 29.8 Å². The molecule has 0 amide bonds. The van der Waals surface area contributed by atoms with Gasteiger partial charge in [-0.2, -0.15) is 0 Å². The minimum atomic E-state index is -0.754. The third kappa shape index (κ3) is 1.90. The van der Waals surface area contributed by atoms with Crippen LogP contribution in [0.3, 0.4) is 0 Å². The number of aromatic nitrogens is 2. The van der Waals surface area contributed by atoms with E-state index in [4.69, 9.17) is 4.74 Å². The highest BCUT2D eigenvalue weighted by molar-refractivity contribution is 5.84. The first kappa shape index (κ1) is 12.8. The Balaban J connectivity index is 2.10. The number of carbonyl (C=O) groups is 1. The van der Waals surface area contributed by atoms with Crippen molar-refractivity contribution in [1.82, 2.24) is 9.97 Å². The van der Waals surface area contributed by atoms with Crippen molar-refractivity contribution < 1.29 is 14.6 Å². The number of hydrogen-bond donors (Lipinski definition) is 1. The number of carboxylic acid groups (broad SMARTS) is 1. The van der Waals surface area contributed by atoms with E-state index in [0.29, 0.717) is 29.8 Å². The van der Waals surface area contributed by atoms with E-state index in [2.05, 4.69) is 9.97 Å². The molecule has 1 aliphatic rings. The second-order valence-corrected chi connectivity index (χ2v) is 5.21. The molecule has 104 valence electrons. The first-order valence-corrected chi connectivity index (χ1v) is 6.70. The second-order valence-electron chi connectivity index (χ2n) is 5.21. The molecule has 20 heavy (non-hydrogen) atoms. The Morgan fingerprint density at radius 2 is 2.05 bits per heavy atom. The lowest BCUT2D eigenvalue weighted by atomic mass is 9.79. The fraction of sp³-hybridized carbons (Fsp3) is 0.400. The fourth-order valence-corrected chi connectivity index (χ4v) is 2.99. The molecule has 0 spiro atoms. The van der Waals surface area contributed by atoms with Gasteiger partial charge in [0.15, 0.2) is 0 Å². The minimum absolute atomic E-state index is 0.457. The van der Waals surface area contributed by atoms with Crippen LogP contribution in [-0.4, -0.2) is 28.2 Å². The molecule has 0 bridgehead atoms. The normalized spacial score (nSPS) is 17.2. The number of carboxylic acids is 1. The van der Waals surface area contributed by atoms with E-state index in [9.17, 15) is 9.90 Å². The smallest absolute Gasteiger partial charge is 0.314 e. The van der Waals surface area contributed by atoms with Gasteiger partial charge in [0, 0.05) is 0 Å². The van der Waals surface area contributed by atoms with Gasteiger partial charge in [0.25, 0.3) is 0 Å². The van der Waals surface area contributed by atoms with Crippen molar-refractivity contribution >= 4 is 17.0 Å². The molecule has 0 radical (unpaired) electrons. The van der Waals surface area contributed by atoms with Crippen LogP contribution in [0, 0.1) is 0 Å². The molecule has 1 aromatic carbocycles. The maximum Gasteiger partial charge on any atom is 0.314 e. The lowest BCUT2D eigenvalue weighted by Crippen LogP contribution is -2.32. The Bertz CT molecular complexity index is 663. The van der Waals surface area contributed by atoms with Gasteiger partial charge in [-0.1, -0.05) is 18.9 Å². The van der Waals surface area contributed by atoms with Crippen molar-refractivity contribution in [1.29, 1.82) is 0 Å². The molecule has 1 saturated carbocycles. The molecular formula is C15H16N2O3. The number of hydrogen-bond acceptors (Lipinski definition) is 4. The number of ether oxygens (including phenoxy) is 1. The van der Waals surface area contributed by atoms with Crippen molar-refractivity contribution in [2.24, 2.45) is 0 Å². The van der Waals surface area contributed by atoms with Gasteiger partial charge in [-0.15, -0.1) is 0 Å². The van der Waals surface area contributed by atoms with Crippen molar-refractivity contribution in [3.05, 3.63) is 30.0 Å². The van der Waals surface area contributed by atoms with E-state index in [0.717, 1.165) is 18.4 Å². The van der Waals surface area contributed by atoms with Crippen LogP contribution in [0.2, 0.25) is 0 Å². The Hall–Kier alpha value is -2.17. The standard InChI is InChI=1S/C15H16N2O3/c1-20-13-9-16-12-8-10(4-5-11(12)17-13)15(14(18)19)6-2-3-7-15/h4-5,8-9H,2-3,6-7H2,1H3,(H,18,19). The molecule has 0 unspecified atom stereocenters. The van der Waals surface area contributed by atoms with E-state index in [-0.39, 0.29) is 0 Å². The molecule has 5 heteroatoms.